The van der Waals surface area contributed by atoms with Gasteiger partial charge in [0.1, 0.15) is 6.29 Å². The average molecular weight is 307 g/mol. The number of carbonyl (C=O) groups is 1. The number of aldehydes is 1. The van der Waals surface area contributed by atoms with Gasteiger partial charge >= 0.3 is 0 Å². The number of benzene rings is 2. The van der Waals surface area contributed by atoms with E-state index in [4.69, 9.17) is 4.74 Å². The molecule has 1 heterocycles. The van der Waals surface area contributed by atoms with E-state index < -0.39 is 0 Å². The number of carbonyl (C=O) groups excluding carboxylic acids is 1. The number of ether oxygens (including phenoxy) is 1. The summed E-state index contributed by atoms with van der Waals surface area (Å²) < 4.78 is 5.06. The largest absolute Gasteiger partial charge is 0.504 e. The molecular weight excluding hydrogens is 286 g/mol. The molecule has 1 aliphatic heterocycles. The van der Waals surface area contributed by atoms with Crippen molar-refractivity contribution in [2.45, 2.75) is 18.9 Å². The Labute approximate surface area is 137 Å². The van der Waals surface area contributed by atoms with E-state index in [2.05, 4.69) is 47.4 Å². The minimum Gasteiger partial charge on any atom is -0.504 e. The lowest BCUT2D eigenvalue weighted by Crippen LogP contribution is -2.21. The van der Waals surface area contributed by atoms with Gasteiger partial charge in [0.25, 0.3) is 0 Å². The Bertz CT molecular complexity index is 694. The first kappa shape index (κ1) is 15.3. The van der Waals surface area contributed by atoms with Crippen molar-refractivity contribution in [3.05, 3.63) is 71.5 Å². The SMILES string of the molecule is CO/C=C\c1cccc2c1C(CC=O)CN2Cc1ccccc1. The van der Waals surface area contributed by atoms with E-state index in [-0.39, 0.29) is 5.92 Å². The highest BCUT2D eigenvalue weighted by Gasteiger charge is 2.29. The minimum absolute atomic E-state index is 0.240. The van der Waals surface area contributed by atoms with Crippen LogP contribution in [-0.4, -0.2) is 19.9 Å². The van der Waals surface area contributed by atoms with Gasteiger partial charge in [0.15, 0.2) is 0 Å². The molecule has 118 valence electrons. The molecule has 1 unspecified atom stereocenters. The fourth-order valence-electron chi connectivity index (χ4n) is 3.30. The molecule has 0 radical (unpaired) electrons. The molecule has 3 rings (SSSR count). The molecule has 2 aromatic carbocycles. The third-order valence-corrected chi connectivity index (χ3v) is 4.29. The number of nitrogens with zero attached hydrogens (tertiary/aromatic N) is 1. The van der Waals surface area contributed by atoms with Gasteiger partial charge in [-0.1, -0.05) is 42.5 Å². The number of methoxy groups -OCH3 is 1. The lowest BCUT2D eigenvalue weighted by Gasteiger charge is -2.20. The first-order valence-electron chi connectivity index (χ1n) is 7.88. The van der Waals surface area contributed by atoms with Crippen LogP contribution < -0.4 is 4.90 Å². The smallest absolute Gasteiger partial charge is 0.120 e. The van der Waals surface area contributed by atoms with Crippen LogP contribution in [0, 0.1) is 0 Å². The molecule has 3 nitrogen and oxygen atoms in total. The summed E-state index contributed by atoms with van der Waals surface area (Å²) in [5, 5.41) is 0. The summed E-state index contributed by atoms with van der Waals surface area (Å²) >= 11 is 0. The first-order chi connectivity index (χ1) is 11.3. The quantitative estimate of drug-likeness (QED) is 0.597. The summed E-state index contributed by atoms with van der Waals surface area (Å²) in [4.78, 5) is 13.5. The van der Waals surface area contributed by atoms with Crippen molar-refractivity contribution in [3.63, 3.8) is 0 Å². The van der Waals surface area contributed by atoms with Gasteiger partial charge in [0.05, 0.1) is 13.4 Å². The molecule has 3 heteroatoms. The molecule has 2 aromatic rings. The summed E-state index contributed by atoms with van der Waals surface area (Å²) in [6.45, 7) is 1.74. The summed E-state index contributed by atoms with van der Waals surface area (Å²) in [7, 11) is 1.64. The number of fused-ring (bicyclic) bond motifs is 1. The highest BCUT2D eigenvalue weighted by molar-refractivity contribution is 5.71. The number of hydrogen-bond donors (Lipinski definition) is 0. The van der Waals surface area contributed by atoms with Crippen LogP contribution in [-0.2, 0) is 16.1 Å². The Hall–Kier alpha value is -2.55. The van der Waals surface area contributed by atoms with Crippen molar-refractivity contribution >= 4 is 18.0 Å². The fourth-order valence-corrected chi connectivity index (χ4v) is 3.30. The van der Waals surface area contributed by atoms with E-state index in [0.29, 0.717) is 6.42 Å². The maximum absolute atomic E-state index is 11.1. The van der Waals surface area contributed by atoms with Gasteiger partial charge in [-0.15, -0.1) is 0 Å². The molecule has 0 aliphatic carbocycles. The van der Waals surface area contributed by atoms with E-state index in [1.54, 1.807) is 13.4 Å². The Morgan fingerprint density at radius 2 is 2.00 bits per heavy atom. The topological polar surface area (TPSA) is 29.5 Å². The lowest BCUT2D eigenvalue weighted by molar-refractivity contribution is -0.108. The summed E-state index contributed by atoms with van der Waals surface area (Å²) in [5.41, 5.74) is 4.89. The van der Waals surface area contributed by atoms with E-state index in [9.17, 15) is 4.79 Å². The highest BCUT2D eigenvalue weighted by Crippen LogP contribution is 2.41. The standard InChI is InChI=1S/C20H21NO2/c1-23-13-11-17-8-5-9-19-20(17)18(10-12-22)15-21(19)14-16-6-3-2-4-7-16/h2-9,11-13,18H,10,14-15H2,1H3/b13-11-. The average Bonchev–Trinajstić information content (AvgIpc) is 2.93. The van der Waals surface area contributed by atoms with E-state index in [1.807, 2.05) is 12.1 Å². The van der Waals surface area contributed by atoms with Gasteiger partial charge in [-0.05, 0) is 28.8 Å². The molecular formula is C20H21NO2. The zero-order valence-electron chi connectivity index (χ0n) is 13.3. The summed E-state index contributed by atoms with van der Waals surface area (Å²) in [6, 6.07) is 16.7. The molecule has 1 atom stereocenters. The maximum Gasteiger partial charge on any atom is 0.120 e. The second-order valence-corrected chi connectivity index (χ2v) is 5.78. The van der Waals surface area contributed by atoms with Crippen LogP contribution in [0.2, 0.25) is 0 Å². The van der Waals surface area contributed by atoms with Crippen LogP contribution in [0.3, 0.4) is 0 Å². The zero-order valence-corrected chi connectivity index (χ0v) is 13.3. The van der Waals surface area contributed by atoms with E-state index in [0.717, 1.165) is 24.9 Å². The molecule has 23 heavy (non-hydrogen) atoms. The van der Waals surface area contributed by atoms with Gasteiger partial charge in [0, 0.05) is 31.1 Å². The van der Waals surface area contributed by atoms with Crippen molar-refractivity contribution in [1.82, 2.24) is 0 Å². The highest BCUT2D eigenvalue weighted by atomic mass is 16.5. The third-order valence-electron chi connectivity index (χ3n) is 4.29. The Balaban J connectivity index is 1.95. The number of rotatable bonds is 6. The first-order valence-corrected chi connectivity index (χ1v) is 7.88. The molecule has 0 spiro atoms. The van der Waals surface area contributed by atoms with Crippen LogP contribution in [0.5, 0.6) is 0 Å². The van der Waals surface area contributed by atoms with Gasteiger partial charge in [0.2, 0.25) is 0 Å². The molecule has 0 bridgehead atoms. The van der Waals surface area contributed by atoms with Crippen molar-refractivity contribution in [2.24, 2.45) is 0 Å². The number of anilines is 1. The van der Waals surface area contributed by atoms with Crippen LogP contribution in [0.15, 0.2) is 54.8 Å². The molecule has 0 saturated carbocycles. The Morgan fingerprint density at radius 3 is 2.74 bits per heavy atom. The predicted molar refractivity (Wildman–Crippen MR) is 93.4 cm³/mol. The second-order valence-electron chi connectivity index (χ2n) is 5.78. The third kappa shape index (κ3) is 3.29. The summed E-state index contributed by atoms with van der Waals surface area (Å²) in [5.74, 6) is 0.240. The zero-order chi connectivity index (χ0) is 16.1. The van der Waals surface area contributed by atoms with E-state index in [1.165, 1.54) is 16.8 Å². The van der Waals surface area contributed by atoms with Crippen LogP contribution in [0.4, 0.5) is 5.69 Å². The normalized spacial score (nSPS) is 16.6. The minimum atomic E-state index is 0.240. The number of hydrogen-bond acceptors (Lipinski definition) is 3. The molecule has 0 fully saturated rings. The van der Waals surface area contributed by atoms with Gasteiger partial charge in [-0.3, -0.25) is 0 Å². The van der Waals surface area contributed by atoms with Gasteiger partial charge in [-0.2, -0.15) is 0 Å². The monoisotopic (exact) mass is 307 g/mol. The van der Waals surface area contributed by atoms with Gasteiger partial charge in [-0.25, -0.2) is 0 Å². The molecule has 0 amide bonds. The van der Waals surface area contributed by atoms with Crippen molar-refractivity contribution < 1.29 is 9.53 Å². The van der Waals surface area contributed by atoms with Crippen molar-refractivity contribution in [3.8, 4) is 0 Å². The van der Waals surface area contributed by atoms with Crippen molar-refractivity contribution in [2.75, 3.05) is 18.6 Å². The Kier molecular flexibility index (Phi) is 4.77. The second kappa shape index (κ2) is 7.14. The van der Waals surface area contributed by atoms with Crippen LogP contribution in [0.25, 0.3) is 6.08 Å². The maximum atomic E-state index is 11.1. The fraction of sp³-hybridized carbons (Fsp3) is 0.250. The Morgan fingerprint density at radius 1 is 1.17 bits per heavy atom. The molecule has 1 aliphatic rings. The molecule has 0 N–H and O–H groups in total. The van der Waals surface area contributed by atoms with Crippen molar-refractivity contribution in [1.29, 1.82) is 0 Å². The van der Waals surface area contributed by atoms with Gasteiger partial charge < -0.3 is 14.4 Å². The van der Waals surface area contributed by atoms with Crippen LogP contribution in [0.1, 0.15) is 29.0 Å². The molecule has 0 aromatic heterocycles. The van der Waals surface area contributed by atoms with E-state index >= 15 is 0 Å². The lowest BCUT2D eigenvalue weighted by atomic mass is 9.94. The predicted octanol–water partition coefficient (Wildman–Crippen LogP) is 4.00. The molecule has 0 saturated heterocycles. The summed E-state index contributed by atoms with van der Waals surface area (Å²) in [6.07, 6.45) is 5.24. The van der Waals surface area contributed by atoms with Crippen LogP contribution >= 0.6 is 0 Å².